The summed E-state index contributed by atoms with van der Waals surface area (Å²) in [7, 11) is 0. The molecule has 0 saturated heterocycles. The van der Waals surface area contributed by atoms with Crippen molar-refractivity contribution in [1.82, 2.24) is 0 Å². The standard InChI is InChI=1S/C11H9N3O2S/c1-2-16-11(15)9(6-13)7-14-10-8(5-12)3-4-17-10/h3-4,7,14H,2H2,1H3. The third-order valence-corrected chi connectivity index (χ3v) is 2.59. The van der Waals surface area contributed by atoms with Crippen LogP contribution in [-0.2, 0) is 9.53 Å². The SMILES string of the molecule is CCOC(=O)C(C#N)=CNc1sccc1C#N. The number of nitrogens with one attached hydrogen (secondary N) is 1. The average molecular weight is 247 g/mol. The predicted octanol–water partition coefficient (Wildman–Crippen LogP) is 2.00. The second kappa shape index (κ2) is 6.31. The minimum atomic E-state index is -0.683. The lowest BCUT2D eigenvalue weighted by molar-refractivity contribution is -0.138. The van der Waals surface area contributed by atoms with Gasteiger partial charge in [-0.3, -0.25) is 0 Å². The molecule has 1 rings (SSSR count). The number of esters is 1. The van der Waals surface area contributed by atoms with Gasteiger partial charge >= 0.3 is 5.97 Å². The fraction of sp³-hybridized carbons (Fsp3) is 0.182. The summed E-state index contributed by atoms with van der Waals surface area (Å²) in [6.45, 7) is 1.87. The number of carbonyl (C=O) groups excluding carboxylic acids is 1. The van der Waals surface area contributed by atoms with Crippen LogP contribution in [0.4, 0.5) is 5.00 Å². The highest BCUT2D eigenvalue weighted by molar-refractivity contribution is 7.14. The largest absolute Gasteiger partial charge is 0.462 e. The Labute approximate surface area is 103 Å². The van der Waals surface area contributed by atoms with Crippen molar-refractivity contribution < 1.29 is 9.53 Å². The van der Waals surface area contributed by atoms with Crippen molar-refractivity contribution in [3.05, 3.63) is 28.8 Å². The van der Waals surface area contributed by atoms with Gasteiger partial charge < -0.3 is 10.1 Å². The quantitative estimate of drug-likeness (QED) is 0.499. The fourth-order valence-corrected chi connectivity index (χ4v) is 1.70. The summed E-state index contributed by atoms with van der Waals surface area (Å²) in [6, 6.07) is 5.37. The van der Waals surface area contributed by atoms with Crippen LogP contribution in [0, 0.1) is 22.7 Å². The third-order valence-electron chi connectivity index (χ3n) is 1.75. The van der Waals surface area contributed by atoms with Crippen LogP contribution in [0.15, 0.2) is 23.2 Å². The van der Waals surface area contributed by atoms with E-state index in [-0.39, 0.29) is 12.2 Å². The van der Waals surface area contributed by atoms with Gasteiger partial charge in [-0.1, -0.05) is 0 Å². The zero-order valence-corrected chi connectivity index (χ0v) is 9.87. The highest BCUT2D eigenvalue weighted by atomic mass is 32.1. The molecule has 17 heavy (non-hydrogen) atoms. The molecule has 0 spiro atoms. The molecule has 0 saturated carbocycles. The number of thiophene rings is 1. The number of ether oxygens (including phenoxy) is 1. The van der Waals surface area contributed by atoms with Crippen LogP contribution in [0.1, 0.15) is 12.5 Å². The summed E-state index contributed by atoms with van der Waals surface area (Å²) in [4.78, 5) is 11.3. The maximum atomic E-state index is 11.3. The molecule has 0 aliphatic heterocycles. The minimum Gasteiger partial charge on any atom is -0.462 e. The smallest absolute Gasteiger partial charge is 0.350 e. The van der Waals surface area contributed by atoms with E-state index < -0.39 is 5.97 Å². The van der Waals surface area contributed by atoms with E-state index in [1.54, 1.807) is 24.4 Å². The van der Waals surface area contributed by atoms with Crippen LogP contribution in [0.3, 0.4) is 0 Å². The van der Waals surface area contributed by atoms with Gasteiger partial charge in [0.1, 0.15) is 17.1 Å². The van der Waals surface area contributed by atoms with E-state index in [0.717, 1.165) is 0 Å². The molecule has 5 nitrogen and oxygen atoms in total. The Morgan fingerprint density at radius 1 is 1.65 bits per heavy atom. The van der Waals surface area contributed by atoms with E-state index in [4.69, 9.17) is 15.3 Å². The van der Waals surface area contributed by atoms with Gasteiger partial charge in [-0.15, -0.1) is 11.3 Å². The van der Waals surface area contributed by atoms with Gasteiger partial charge in [-0.25, -0.2) is 4.79 Å². The van der Waals surface area contributed by atoms with Gasteiger partial charge in [0.15, 0.2) is 5.57 Å². The van der Waals surface area contributed by atoms with E-state index in [9.17, 15) is 4.79 Å². The molecular formula is C11H9N3O2S. The van der Waals surface area contributed by atoms with Crippen LogP contribution in [0.25, 0.3) is 0 Å². The summed E-state index contributed by atoms with van der Waals surface area (Å²) in [5, 5.41) is 22.6. The van der Waals surface area contributed by atoms with Crippen LogP contribution in [0.2, 0.25) is 0 Å². The average Bonchev–Trinajstić information content (AvgIpc) is 2.77. The highest BCUT2D eigenvalue weighted by Crippen LogP contribution is 2.22. The number of carbonyl (C=O) groups is 1. The summed E-state index contributed by atoms with van der Waals surface area (Å²) >= 11 is 1.31. The van der Waals surface area contributed by atoms with E-state index in [1.165, 1.54) is 17.5 Å². The molecule has 0 amide bonds. The summed E-state index contributed by atoms with van der Waals surface area (Å²) in [6.07, 6.45) is 1.24. The molecule has 0 radical (unpaired) electrons. The first kappa shape index (κ1) is 12.8. The Morgan fingerprint density at radius 3 is 3.00 bits per heavy atom. The van der Waals surface area contributed by atoms with E-state index in [2.05, 4.69) is 5.32 Å². The number of hydrogen-bond acceptors (Lipinski definition) is 6. The second-order valence-electron chi connectivity index (χ2n) is 2.81. The minimum absolute atomic E-state index is 0.135. The van der Waals surface area contributed by atoms with Gasteiger partial charge in [0.05, 0.1) is 12.2 Å². The fourth-order valence-electron chi connectivity index (χ4n) is 0.992. The lowest BCUT2D eigenvalue weighted by atomic mass is 10.3. The molecule has 1 N–H and O–H groups in total. The summed E-state index contributed by atoms with van der Waals surface area (Å²) < 4.78 is 4.69. The number of anilines is 1. The van der Waals surface area contributed by atoms with Crippen molar-refractivity contribution in [2.75, 3.05) is 11.9 Å². The second-order valence-corrected chi connectivity index (χ2v) is 3.73. The van der Waals surface area contributed by atoms with Crippen LogP contribution in [-0.4, -0.2) is 12.6 Å². The van der Waals surface area contributed by atoms with Crippen molar-refractivity contribution in [1.29, 1.82) is 10.5 Å². The van der Waals surface area contributed by atoms with Gasteiger partial charge in [-0.2, -0.15) is 10.5 Å². The van der Waals surface area contributed by atoms with Crippen molar-refractivity contribution in [2.45, 2.75) is 6.92 Å². The number of hydrogen-bond donors (Lipinski definition) is 1. The molecule has 0 aliphatic carbocycles. The number of rotatable bonds is 4. The maximum absolute atomic E-state index is 11.3. The first-order valence-corrected chi connectivity index (χ1v) is 5.62. The lowest BCUT2D eigenvalue weighted by Gasteiger charge is -2.00. The van der Waals surface area contributed by atoms with Crippen molar-refractivity contribution in [3.8, 4) is 12.1 Å². The first-order valence-electron chi connectivity index (χ1n) is 4.74. The van der Waals surface area contributed by atoms with Crippen LogP contribution < -0.4 is 5.32 Å². The molecule has 1 aromatic heterocycles. The van der Waals surface area contributed by atoms with E-state index >= 15 is 0 Å². The summed E-state index contributed by atoms with van der Waals surface area (Å²) in [5.74, 6) is -0.683. The zero-order chi connectivity index (χ0) is 12.7. The third kappa shape index (κ3) is 3.33. The Kier molecular flexibility index (Phi) is 4.74. The molecule has 0 aromatic carbocycles. The lowest BCUT2D eigenvalue weighted by Crippen LogP contribution is -2.07. The van der Waals surface area contributed by atoms with Crippen LogP contribution >= 0.6 is 11.3 Å². The molecule has 6 heteroatoms. The van der Waals surface area contributed by atoms with E-state index in [0.29, 0.717) is 10.6 Å². The molecule has 86 valence electrons. The Hall–Kier alpha value is -2.31. The highest BCUT2D eigenvalue weighted by Gasteiger charge is 2.10. The molecule has 0 aliphatic rings. The van der Waals surface area contributed by atoms with Crippen molar-refractivity contribution >= 4 is 22.3 Å². The number of nitrogens with zero attached hydrogens (tertiary/aromatic N) is 2. The normalized spacial score (nSPS) is 10.2. The summed E-state index contributed by atoms with van der Waals surface area (Å²) in [5.41, 5.74) is 0.330. The van der Waals surface area contributed by atoms with Crippen LogP contribution in [0.5, 0.6) is 0 Å². The van der Waals surface area contributed by atoms with Crippen molar-refractivity contribution in [2.24, 2.45) is 0 Å². The van der Waals surface area contributed by atoms with Crippen molar-refractivity contribution in [3.63, 3.8) is 0 Å². The maximum Gasteiger partial charge on any atom is 0.350 e. The molecule has 1 aromatic rings. The molecule has 0 fully saturated rings. The van der Waals surface area contributed by atoms with Gasteiger partial charge in [0, 0.05) is 6.20 Å². The van der Waals surface area contributed by atoms with Gasteiger partial charge in [0.2, 0.25) is 0 Å². The zero-order valence-electron chi connectivity index (χ0n) is 9.06. The van der Waals surface area contributed by atoms with E-state index in [1.807, 2.05) is 6.07 Å². The predicted molar refractivity (Wildman–Crippen MR) is 63.0 cm³/mol. The molecule has 0 bridgehead atoms. The Balaban J connectivity index is 2.79. The molecule has 0 unspecified atom stereocenters. The number of nitriles is 2. The monoisotopic (exact) mass is 247 g/mol. The van der Waals surface area contributed by atoms with Gasteiger partial charge in [-0.05, 0) is 18.4 Å². The first-order chi connectivity index (χ1) is 8.22. The van der Waals surface area contributed by atoms with Gasteiger partial charge in [0.25, 0.3) is 0 Å². The molecular weight excluding hydrogens is 238 g/mol. The molecule has 0 atom stereocenters. The molecule has 1 heterocycles. The Morgan fingerprint density at radius 2 is 2.41 bits per heavy atom. The Bertz CT molecular complexity index is 520. The topological polar surface area (TPSA) is 85.9 Å².